The molecule has 1 heterocycles. The molecule has 0 radical (unpaired) electrons. The van der Waals surface area contributed by atoms with Crippen LogP contribution in [0.4, 0.5) is 0 Å². The molecule has 0 amide bonds. The molecule has 0 aliphatic heterocycles. The van der Waals surface area contributed by atoms with E-state index in [0.29, 0.717) is 18.3 Å². The Balaban J connectivity index is 2.39. The molecule has 0 saturated heterocycles. The molecule has 18 heavy (non-hydrogen) atoms. The summed E-state index contributed by atoms with van der Waals surface area (Å²) in [5, 5.41) is 12.5. The predicted molar refractivity (Wildman–Crippen MR) is 73.0 cm³/mol. The fraction of sp³-hybridized carbons (Fsp3) is 0.643. The molecule has 1 rings (SSSR count). The van der Waals surface area contributed by atoms with Gasteiger partial charge in [-0.1, -0.05) is 26.7 Å². The summed E-state index contributed by atoms with van der Waals surface area (Å²) in [6.07, 6.45) is 6.56. The number of carboxylic acids is 1. The average Bonchev–Trinajstić information content (AvgIpc) is 2.78. The molecule has 0 aliphatic rings. The smallest absolute Gasteiger partial charge is 0.352 e. The number of nitrogens with zero attached hydrogens (tertiary/aromatic N) is 1. The molecule has 0 aromatic carbocycles. The van der Waals surface area contributed by atoms with Gasteiger partial charge in [-0.3, -0.25) is 0 Å². The average molecular weight is 252 g/mol. The van der Waals surface area contributed by atoms with E-state index >= 15 is 0 Å². The van der Waals surface area contributed by atoms with Crippen molar-refractivity contribution in [3.63, 3.8) is 0 Å². The third kappa shape index (κ3) is 4.53. The lowest BCUT2D eigenvalue weighted by atomic mass is 10.1. The molecule has 2 N–H and O–H groups in total. The lowest BCUT2D eigenvalue weighted by Crippen LogP contribution is -2.32. The molecular formula is C14H24N2O2. The number of rotatable bonds is 9. The Labute approximate surface area is 109 Å². The van der Waals surface area contributed by atoms with Crippen LogP contribution in [0.25, 0.3) is 0 Å². The molecule has 4 nitrogen and oxygen atoms in total. The summed E-state index contributed by atoms with van der Waals surface area (Å²) in [7, 11) is 0. The number of aromatic nitrogens is 1. The second-order valence-corrected chi connectivity index (χ2v) is 4.62. The summed E-state index contributed by atoms with van der Waals surface area (Å²) in [5.74, 6) is -0.862. The molecule has 1 aromatic rings. The summed E-state index contributed by atoms with van der Waals surface area (Å²) in [6.45, 7) is 5.91. The van der Waals surface area contributed by atoms with Gasteiger partial charge in [0, 0.05) is 25.3 Å². The number of nitrogens with one attached hydrogen (secondary N) is 1. The van der Waals surface area contributed by atoms with Crippen molar-refractivity contribution in [1.82, 2.24) is 9.88 Å². The van der Waals surface area contributed by atoms with Gasteiger partial charge in [-0.15, -0.1) is 0 Å². The fourth-order valence-corrected chi connectivity index (χ4v) is 2.24. The van der Waals surface area contributed by atoms with Crippen molar-refractivity contribution in [3.8, 4) is 0 Å². The van der Waals surface area contributed by atoms with Gasteiger partial charge in [0.25, 0.3) is 0 Å². The lowest BCUT2D eigenvalue weighted by molar-refractivity contribution is 0.0685. The maximum absolute atomic E-state index is 10.9. The second-order valence-electron chi connectivity index (χ2n) is 4.62. The minimum atomic E-state index is -0.862. The zero-order valence-electron chi connectivity index (χ0n) is 11.4. The van der Waals surface area contributed by atoms with Gasteiger partial charge in [-0.25, -0.2) is 4.79 Å². The van der Waals surface area contributed by atoms with Gasteiger partial charge in [0.2, 0.25) is 0 Å². The molecule has 4 heteroatoms. The van der Waals surface area contributed by atoms with E-state index in [0.717, 1.165) is 6.54 Å². The molecule has 0 saturated carbocycles. The summed E-state index contributed by atoms with van der Waals surface area (Å²) in [5.41, 5.74) is 0.360. The molecule has 0 aliphatic carbocycles. The van der Waals surface area contributed by atoms with Crippen LogP contribution in [0.2, 0.25) is 0 Å². The van der Waals surface area contributed by atoms with Crippen LogP contribution in [-0.4, -0.2) is 28.2 Å². The highest BCUT2D eigenvalue weighted by molar-refractivity contribution is 5.85. The van der Waals surface area contributed by atoms with Crippen LogP contribution < -0.4 is 5.32 Å². The molecule has 0 unspecified atom stereocenters. The molecule has 0 fully saturated rings. The van der Waals surface area contributed by atoms with Crippen LogP contribution in [0.1, 0.15) is 50.0 Å². The zero-order valence-corrected chi connectivity index (χ0v) is 11.4. The van der Waals surface area contributed by atoms with Gasteiger partial charge in [0.1, 0.15) is 5.69 Å². The van der Waals surface area contributed by atoms with E-state index in [1.54, 1.807) is 16.7 Å². The Kier molecular flexibility index (Phi) is 6.50. The fourth-order valence-electron chi connectivity index (χ4n) is 2.24. The summed E-state index contributed by atoms with van der Waals surface area (Å²) < 4.78 is 1.78. The van der Waals surface area contributed by atoms with Gasteiger partial charge in [0.05, 0.1) is 0 Å². The van der Waals surface area contributed by atoms with Crippen LogP contribution >= 0.6 is 0 Å². The number of carbonyl (C=O) groups is 1. The minimum absolute atomic E-state index is 0.360. The number of carboxylic acid groups (broad SMARTS) is 1. The van der Waals surface area contributed by atoms with E-state index < -0.39 is 5.97 Å². The van der Waals surface area contributed by atoms with Crippen LogP contribution in [0.3, 0.4) is 0 Å². The topological polar surface area (TPSA) is 54.3 Å². The second kappa shape index (κ2) is 7.93. The van der Waals surface area contributed by atoms with Crippen LogP contribution in [0, 0.1) is 0 Å². The SMILES string of the molecule is CCCC(CCC)NCCn1cccc1C(=O)O. The normalized spacial score (nSPS) is 11.1. The number of hydrogen-bond acceptors (Lipinski definition) is 2. The Morgan fingerprint density at radius 3 is 2.61 bits per heavy atom. The van der Waals surface area contributed by atoms with E-state index in [1.807, 2.05) is 6.20 Å². The van der Waals surface area contributed by atoms with Crippen molar-refractivity contribution in [2.75, 3.05) is 6.54 Å². The van der Waals surface area contributed by atoms with E-state index in [1.165, 1.54) is 25.7 Å². The Morgan fingerprint density at radius 2 is 2.06 bits per heavy atom. The molecule has 0 atom stereocenters. The molecular weight excluding hydrogens is 228 g/mol. The lowest BCUT2D eigenvalue weighted by Gasteiger charge is -2.17. The monoisotopic (exact) mass is 252 g/mol. The van der Waals surface area contributed by atoms with E-state index in [9.17, 15) is 4.79 Å². The van der Waals surface area contributed by atoms with E-state index in [-0.39, 0.29) is 0 Å². The van der Waals surface area contributed by atoms with Crippen LogP contribution in [0.15, 0.2) is 18.3 Å². The summed E-state index contributed by atoms with van der Waals surface area (Å²) >= 11 is 0. The highest BCUT2D eigenvalue weighted by atomic mass is 16.4. The highest BCUT2D eigenvalue weighted by Gasteiger charge is 2.09. The molecule has 0 bridgehead atoms. The van der Waals surface area contributed by atoms with Crippen molar-refractivity contribution < 1.29 is 9.90 Å². The standard InChI is InChI=1S/C14H24N2O2/c1-3-6-12(7-4-2)15-9-11-16-10-5-8-13(16)14(17)18/h5,8,10,12,15H,3-4,6-7,9,11H2,1-2H3,(H,17,18). The first-order valence-electron chi connectivity index (χ1n) is 6.80. The Hall–Kier alpha value is -1.29. The third-order valence-electron chi connectivity index (χ3n) is 3.11. The largest absolute Gasteiger partial charge is 0.477 e. The van der Waals surface area contributed by atoms with Gasteiger partial charge < -0.3 is 15.0 Å². The zero-order chi connectivity index (χ0) is 13.4. The molecule has 1 aromatic heterocycles. The number of aromatic carboxylic acids is 1. The first-order chi connectivity index (χ1) is 8.69. The first-order valence-corrected chi connectivity index (χ1v) is 6.80. The summed E-state index contributed by atoms with van der Waals surface area (Å²) in [6, 6.07) is 3.97. The van der Waals surface area contributed by atoms with Gasteiger partial charge in [-0.05, 0) is 25.0 Å². The Morgan fingerprint density at radius 1 is 1.39 bits per heavy atom. The minimum Gasteiger partial charge on any atom is -0.477 e. The van der Waals surface area contributed by atoms with Crippen molar-refractivity contribution in [2.24, 2.45) is 0 Å². The van der Waals surface area contributed by atoms with Gasteiger partial charge >= 0.3 is 5.97 Å². The van der Waals surface area contributed by atoms with Crippen molar-refractivity contribution in [3.05, 3.63) is 24.0 Å². The third-order valence-corrected chi connectivity index (χ3v) is 3.11. The van der Waals surface area contributed by atoms with Gasteiger partial charge in [-0.2, -0.15) is 0 Å². The highest BCUT2D eigenvalue weighted by Crippen LogP contribution is 2.05. The van der Waals surface area contributed by atoms with Crippen molar-refractivity contribution >= 4 is 5.97 Å². The Bertz CT molecular complexity index is 354. The molecule has 102 valence electrons. The maximum atomic E-state index is 10.9. The van der Waals surface area contributed by atoms with E-state index in [2.05, 4.69) is 19.2 Å². The van der Waals surface area contributed by atoms with Gasteiger partial charge in [0.15, 0.2) is 0 Å². The maximum Gasteiger partial charge on any atom is 0.352 e. The van der Waals surface area contributed by atoms with Crippen molar-refractivity contribution in [1.29, 1.82) is 0 Å². The van der Waals surface area contributed by atoms with Crippen LogP contribution in [-0.2, 0) is 6.54 Å². The first kappa shape index (κ1) is 14.8. The van der Waals surface area contributed by atoms with Crippen molar-refractivity contribution in [2.45, 2.75) is 52.1 Å². The summed E-state index contributed by atoms with van der Waals surface area (Å²) in [4.78, 5) is 10.9. The number of hydrogen-bond donors (Lipinski definition) is 2. The van der Waals surface area contributed by atoms with E-state index in [4.69, 9.17) is 5.11 Å². The molecule has 0 spiro atoms. The predicted octanol–water partition coefficient (Wildman–Crippen LogP) is 2.74. The quantitative estimate of drug-likeness (QED) is 0.710. The van der Waals surface area contributed by atoms with Crippen LogP contribution in [0.5, 0.6) is 0 Å².